The van der Waals surface area contributed by atoms with Gasteiger partial charge in [-0.3, -0.25) is 0 Å². The summed E-state index contributed by atoms with van der Waals surface area (Å²) in [5.41, 5.74) is 8.24. The average molecular weight is 1130 g/mol. The van der Waals surface area contributed by atoms with Crippen molar-refractivity contribution in [2.24, 2.45) is 20.5 Å². The summed E-state index contributed by atoms with van der Waals surface area (Å²) < 4.78 is 6.59. The summed E-state index contributed by atoms with van der Waals surface area (Å²) in [6.45, 7) is 16.4. The molecule has 0 spiro atoms. The number of benzene rings is 3. The molecule has 0 aliphatic carbocycles. The number of aryl methyl sites for hydroxylation is 3. The Kier molecular flexibility index (Phi) is 47.0. The number of rotatable bonds is 58. The van der Waals surface area contributed by atoms with E-state index in [9.17, 15) is 0 Å². The molecule has 0 aliphatic heterocycles. The first-order valence-corrected chi connectivity index (χ1v) is 36.0. The monoisotopic (exact) mass is 1130 g/mol. The SMILES string of the molecule is CCCCCCCCCCCCCCOc1cc(/N=N/c2ccc(CCCCCCCCCCCCCC)cc2)c(C)cc1/N=N/c1ccc(N(CCCCCCCCCCCCCC)CCCCCCCCCCCCCC)cc1C. The molecule has 0 N–H and O–H groups in total. The topological polar surface area (TPSA) is 61.9 Å². The highest BCUT2D eigenvalue weighted by molar-refractivity contribution is 5.64. The molecular formula is C76H131N5O. The Morgan fingerprint density at radius 1 is 0.305 bits per heavy atom. The Labute approximate surface area is 508 Å². The van der Waals surface area contributed by atoms with Crippen molar-refractivity contribution in [1.82, 2.24) is 0 Å². The molecule has 3 rings (SSSR count). The normalized spacial score (nSPS) is 11.8. The number of nitrogens with zero attached hydrogens (tertiary/aromatic N) is 5. The second-order valence-electron chi connectivity index (χ2n) is 25.3. The number of ether oxygens (including phenoxy) is 1. The van der Waals surface area contributed by atoms with Gasteiger partial charge in [0.05, 0.1) is 23.7 Å². The van der Waals surface area contributed by atoms with Crippen LogP contribution in [0.2, 0.25) is 0 Å². The standard InChI is InChI=1S/C76H131N5O/c1-7-11-15-19-23-27-31-35-39-43-47-51-55-70-56-58-71(59-57-70)77-79-74-67-76(82-64-54-50-46-42-38-34-30-26-22-18-14-10-4)75(66-69(74)6)80-78-73-61-60-72(65-68(73)5)81(62-52-48-44-40-36-32-28-24-20-16-12-8-2)63-53-49-45-41-37-33-29-25-21-17-13-9-3/h56-61,65-67H,7-55,62-64H2,1-6H3/b79-77+,80-78+. The maximum absolute atomic E-state index is 6.59. The Balaban J connectivity index is 1.64. The lowest BCUT2D eigenvalue weighted by Crippen LogP contribution is -2.25. The second kappa shape index (κ2) is 53.0. The predicted octanol–water partition coefficient (Wildman–Crippen LogP) is 27.7. The van der Waals surface area contributed by atoms with Crippen LogP contribution in [-0.4, -0.2) is 19.7 Å². The fourth-order valence-electron chi connectivity index (χ4n) is 11.8. The number of hydrogen-bond donors (Lipinski definition) is 0. The van der Waals surface area contributed by atoms with Gasteiger partial charge in [-0.25, -0.2) is 0 Å². The van der Waals surface area contributed by atoms with Gasteiger partial charge in [0.25, 0.3) is 0 Å². The first-order chi connectivity index (χ1) is 40.5. The van der Waals surface area contributed by atoms with Crippen molar-refractivity contribution in [3.8, 4) is 5.75 Å². The van der Waals surface area contributed by atoms with Crippen LogP contribution in [0.3, 0.4) is 0 Å². The van der Waals surface area contributed by atoms with E-state index in [2.05, 4.69) is 95.0 Å². The van der Waals surface area contributed by atoms with Crippen molar-refractivity contribution in [3.05, 3.63) is 71.3 Å². The van der Waals surface area contributed by atoms with Crippen LogP contribution in [-0.2, 0) is 6.42 Å². The minimum Gasteiger partial charge on any atom is -0.491 e. The highest BCUT2D eigenvalue weighted by atomic mass is 16.5. The summed E-state index contributed by atoms with van der Waals surface area (Å²) >= 11 is 0. The number of azo groups is 2. The largest absolute Gasteiger partial charge is 0.491 e. The molecule has 0 aliphatic rings. The van der Waals surface area contributed by atoms with Gasteiger partial charge in [0, 0.05) is 24.8 Å². The Bertz CT molecular complexity index is 1930. The van der Waals surface area contributed by atoms with E-state index in [1.54, 1.807) is 0 Å². The molecule has 0 radical (unpaired) electrons. The van der Waals surface area contributed by atoms with E-state index < -0.39 is 0 Å². The van der Waals surface area contributed by atoms with Crippen molar-refractivity contribution in [2.45, 2.75) is 356 Å². The molecule has 6 nitrogen and oxygen atoms in total. The maximum atomic E-state index is 6.59. The summed E-state index contributed by atoms with van der Waals surface area (Å²) in [6, 6.07) is 19.7. The molecule has 0 atom stereocenters. The minimum absolute atomic E-state index is 0.655. The van der Waals surface area contributed by atoms with Crippen LogP contribution < -0.4 is 9.64 Å². The molecule has 0 aromatic heterocycles. The smallest absolute Gasteiger partial charge is 0.149 e. The van der Waals surface area contributed by atoms with E-state index in [0.717, 1.165) is 65.6 Å². The Hall–Kier alpha value is -3.54. The van der Waals surface area contributed by atoms with E-state index in [1.807, 2.05) is 6.07 Å². The van der Waals surface area contributed by atoms with Crippen LogP contribution >= 0.6 is 0 Å². The van der Waals surface area contributed by atoms with E-state index in [0.29, 0.717) is 6.61 Å². The van der Waals surface area contributed by atoms with Gasteiger partial charge in [0.2, 0.25) is 0 Å². The van der Waals surface area contributed by atoms with Crippen LogP contribution in [0.1, 0.15) is 353 Å². The molecule has 3 aromatic carbocycles. The third kappa shape index (κ3) is 38.4. The molecule has 3 aromatic rings. The number of unbranched alkanes of at least 4 members (excludes halogenated alkanes) is 44. The van der Waals surface area contributed by atoms with Gasteiger partial charge in [0.15, 0.2) is 0 Å². The van der Waals surface area contributed by atoms with E-state index in [4.69, 9.17) is 25.2 Å². The lowest BCUT2D eigenvalue weighted by molar-refractivity contribution is 0.305. The molecule has 0 heterocycles. The molecule has 0 unspecified atom stereocenters. The Morgan fingerprint density at radius 2 is 0.646 bits per heavy atom. The quantitative estimate of drug-likeness (QED) is 0.0418. The van der Waals surface area contributed by atoms with Crippen LogP contribution in [0, 0.1) is 13.8 Å². The van der Waals surface area contributed by atoms with Gasteiger partial charge in [-0.1, -0.05) is 322 Å². The average Bonchev–Trinajstić information content (AvgIpc) is 3.63. The molecule has 82 heavy (non-hydrogen) atoms. The molecular weight excluding hydrogens is 999 g/mol. The van der Waals surface area contributed by atoms with Gasteiger partial charge in [-0.2, -0.15) is 15.3 Å². The summed E-state index contributed by atoms with van der Waals surface area (Å²) in [6.07, 6.45) is 66.8. The fraction of sp³-hybridized carbons (Fsp3) is 0.763. The lowest BCUT2D eigenvalue weighted by atomic mass is 10.0. The van der Waals surface area contributed by atoms with E-state index in [-0.39, 0.29) is 0 Å². The minimum atomic E-state index is 0.655. The van der Waals surface area contributed by atoms with Crippen molar-refractivity contribution < 1.29 is 4.74 Å². The lowest BCUT2D eigenvalue weighted by Gasteiger charge is -2.26. The summed E-state index contributed by atoms with van der Waals surface area (Å²) in [5, 5.41) is 19.4. The molecule has 0 saturated heterocycles. The third-order valence-electron chi connectivity index (χ3n) is 17.4. The van der Waals surface area contributed by atoms with Gasteiger partial charge < -0.3 is 9.64 Å². The van der Waals surface area contributed by atoms with Crippen LogP contribution in [0.4, 0.5) is 28.4 Å². The highest BCUT2D eigenvalue weighted by Crippen LogP contribution is 2.38. The summed E-state index contributed by atoms with van der Waals surface area (Å²) in [4.78, 5) is 2.67. The van der Waals surface area contributed by atoms with Gasteiger partial charge in [-0.15, -0.1) is 5.11 Å². The van der Waals surface area contributed by atoms with E-state index >= 15 is 0 Å². The molecule has 0 saturated carbocycles. The zero-order valence-corrected chi connectivity index (χ0v) is 55.1. The first-order valence-electron chi connectivity index (χ1n) is 36.0. The van der Waals surface area contributed by atoms with Crippen molar-refractivity contribution in [1.29, 1.82) is 0 Å². The first kappa shape index (κ1) is 72.7. The van der Waals surface area contributed by atoms with Gasteiger partial charge >= 0.3 is 0 Å². The zero-order valence-electron chi connectivity index (χ0n) is 55.1. The predicted molar refractivity (Wildman–Crippen MR) is 363 cm³/mol. The highest BCUT2D eigenvalue weighted by Gasteiger charge is 2.13. The Morgan fingerprint density at radius 3 is 1.05 bits per heavy atom. The zero-order chi connectivity index (χ0) is 58.4. The summed E-state index contributed by atoms with van der Waals surface area (Å²) in [7, 11) is 0. The molecule has 0 fully saturated rings. The molecule has 466 valence electrons. The number of hydrogen-bond acceptors (Lipinski definition) is 6. The fourth-order valence-corrected chi connectivity index (χ4v) is 11.8. The molecule has 6 heteroatoms. The van der Waals surface area contributed by atoms with Crippen LogP contribution in [0.5, 0.6) is 5.75 Å². The van der Waals surface area contributed by atoms with Gasteiger partial charge in [0.1, 0.15) is 11.4 Å². The second-order valence-corrected chi connectivity index (χ2v) is 25.3. The molecule has 0 amide bonds. The van der Waals surface area contributed by atoms with Crippen molar-refractivity contribution >= 4 is 28.4 Å². The van der Waals surface area contributed by atoms with Crippen LogP contribution in [0.15, 0.2) is 75.1 Å². The maximum Gasteiger partial charge on any atom is 0.149 e. The van der Waals surface area contributed by atoms with Crippen molar-refractivity contribution in [2.75, 3.05) is 24.6 Å². The van der Waals surface area contributed by atoms with Crippen molar-refractivity contribution in [3.63, 3.8) is 0 Å². The summed E-state index contributed by atoms with van der Waals surface area (Å²) in [5.74, 6) is 0.731. The van der Waals surface area contributed by atoms with E-state index in [1.165, 1.54) is 313 Å². The third-order valence-corrected chi connectivity index (χ3v) is 17.4. The van der Waals surface area contributed by atoms with Gasteiger partial charge in [-0.05, 0) is 99.0 Å². The molecule has 0 bridgehead atoms. The number of anilines is 1. The van der Waals surface area contributed by atoms with Crippen LogP contribution in [0.25, 0.3) is 0 Å².